The minimum Gasteiger partial charge on any atom is -0.376 e. The number of hydrogen-bond donors (Lipinski definition) is 4. The molecule has 0 saturated heterocycles. The van der Waals surface area contributed by atoms with Gasteiger partial charge >= 0.3 is 0 Å². The molecule has 0 saturated carbocycles. The molecule has 0 aromatic heterocycles. The van der Waals surface area contributed by atoms with Crippen molar-refractivity contribution in [1.29, 1.82) is 0 Å². The monoisotopic (exact) mass is 462 g/mol. The number of rotatable bonds is 4. The first-order chi connectivity index (χ1) is 9.25. The summed E-state index contributed by atoms with van der Waals surface area (Å²) in [5, 5.41) is 6.75. The number of halogens is 6. The molecule has 0 aliphatic heterocycles. The molecule has 126 valence electrons. The third-order valence-corrected chi connectivity index (χ3v) is 4.47. The summed E-state index contributed by atoms with van der Waals surface area (Å²) in [7, 11) is 0. The van der Waals surface area contributed by atoms with Gasteiger partial charge < -0.3 is 22.1 Å². The van der Waals surface area contributed by atoms with Gasteiger partial charge in [-0.05, 0) is 24.4 Å². The number of thiocarbonyl (C=S) groups is 2. The predicted molar refractivity (Wildman–Crippen MR) is 108 cm³/mol. The van der Waals surface area contributed by atoms with Crippen LogP contribution in [-0.4, -0.2) is 10.2 Å². The van der Waals surface area contributed by atoms with Crippen molar-refractivity contribution in [2.75, 3.05) is 0 Å². The fraction of sp³-hybridized carbons (Fsp3) is 0.200. The van der Waals surface area contributed by atoms with E-state index in [9.17, 15) is 0 Å². The molecule has 0 heterocycles. The Balaban J connectivity index is 0. The zero-order chi connectivity index (χ0) is 15.4. The second kappa shape index (κ2) is 11.0. The Morgan fingerprint density at radius 3 is 1.32 bits per heavy atom. The first-order valence-electron chi connectivity index (χ1n) is 5.16. The van der Waals surface area contributed by atoms with E-state index in [0.29, 0.717) is 16.1 Å². The molecule has 1 rings (SSSR count). The highest BCUT2D eigenvalue weighted by atomic mass is 35.5. The Morgan fingerprint density at radius 1 is 0.727 bits per heavy atom. The van der Waals surface area contributed by atoms with Crippen LogP contribution in [0.5, 0.6) is 0 Å². The molecular formula is C10H12Cl6N4S2. The summed E-state index contributed by atoms with van der Waals surface area (Å²) in [6, 6.07) is 0. The Hall–Kier alpha value is 0.340. The fourth-order valence-electron chi connectivity index (χ4n) is 1.40. The van der Waals surface area contributed by atoms with Gasteiger partial charge in [-0.15, -0.1) is 24.8 Å². The molecule has 6 N–H and O–H groups in total. The van der Waals surface area contributed by atoms with Gasteiger partial charge in [-0.25, -0.2) is 0 Å². The molecular weight excluding hydrogens is 453 g/mol. The highest BCUT2D eigenvalue weighted by molar-refractivity contribution is 7.80. The van der Waals surface area contributed by atoms with Gasteiger partial charge in [-0.2, -0.15) is 0 Å². The Bertz CT molecular complexity index is 524. The molecule has 12 heteroatoms. The lowest BCUT2D eigenvalue weighted by Crippen LogP contribution is -2.30. The maximum absolute atomic E-state index is 6.28. The highest BCUT2D eigenvalue weighted by Gasteiger charge is 2.20. The van der Waals surface area contributed by atoms with Crippen LogP contribution in [0.1, 0.15) is 11.1 Å². The lowest BCUT2D eigenvalue weighted by Gasteiger charge is -2.16. The zero-order valence-electron chi connectivity index (χ0n) is 10.7. The van der Waals surface area contributed by atoms with Gasteiger partial charge in [0.25, 0.3) is 0 Å². The van der Waals surface area contributed by atoms with E-state index in [-0.39, 0.29) is 63.2 Å². The van der Waals surface area contributed by atoms with E-state index in [1.807, 2.05) is 0 Å². The van der Waals surface area contributed by atoms with Gasteiger partial charge in [0, 0.05) is 24.2 Å². The van der Waals surface area contributed by atoms with Crippen molar-refractivity contribution in [2.24, 2.45) is 11.5 Å². The second-order valence-electron chi connectivity index (χ2n) is 3.65. The van der Waals surface area contributed by atoms with Gasteiger partial charge in [-0.3, -0.25) is 0 Å². The Kier molecular flexibility index (Phi) is 12.3. The van der Waals surface area contributed by atoms with Crippen LogP contribution < -0.4 is 22.1 Å². The molecule has 0 unspecified atom stereocenters. The normalized spacial score (nSPS) is 9.27. The van der Waals surface area contributed by atoms with E-state index < -0.39 is 0 Å². The van der Waals surface area contributed by atoms with Crippen molar-refractivity contribution in [3.8, 4) is 0 Å². The van der Waals surface area contributed by atoms with Crippen molar-refractivity contribution >= 4 is 106 Å². The van der Waals surface area contributed by atoms with Crippen LogP contribution in [0, 0.1) is 0 Å². The fourth-order valence-corrected chi connectivity index (χ4v) is 2.75. The van der Waals surface area contributed by atoms with Crippen LogP contribution in [0.2, 0.25) is 20.1 Å². The van der Waals surface area contributed by atoms with Crippen LogP contribution in [0.15, 0.2) is 0 Å². The highest BCUT2D eigenvalue weighted by Crippen LogP contribution is 2.41. The minimum absolute atomic E-state index is 0. The summed E-state index contributed by atoms with van der Waals surface area (Å²) in [6.45, 7) is 0.452. The second-order valence-corrected chi connectivity index (χ2v) is 6.04. The van der Waals surface area contributed by atoms with Gasteiger partial charge in [0.2, 0.25) is 0 Å². The van der Waals surface area contributed by atoms with Gasteiger partial charge in [-0.1, -0.05) is 46.4 Å². The molecule has 1 aromatic rings. The van der Waals surface area contributed by atoms with Crippen LogP contribution >= 0.6 is 95.7 Å². The summed E-state index contributed by atoms with van der Waals surface area (Å²) in [5.74, 6) is 0. The van der Waals surface area contributed by atoms with Gasteiger partial charge in [0.1, 0.15) is 0 Å². The number of nitrogens with two attached hydrogens (primary N) is 2. The van der Waals surface area contributed by atoms with E-state index >= 15 is 0 Å². The van der Waals surface area contributed by atoms with Gasteiger partial charge in [0.05, 0.1) is 20.1 Å². The molecule has 0 fully saturated rings. The van der Waals surface area contributed by atoms with E-state index in [4.69, 9.17) is 82.3 Å². The zero-order valence-corrected chi connectivity index (χ0v) is 17.0. The smallest absolute Gasteiger partial charge is 0.163 e. The molecule has 1 aromatic carbocycles. The Morgan fingerprint density at radius 2 is 1.05 bits per heavy atom. The van der Waals surface area contributed by atoms with Crippen LogP contribution in [0.4, 0.5) is 0 Å². The molecule has 22 heavy (non-hydrogen) atoms. The summed E-state index contributed by atoms with van der Waals surface area (Å²) in [5.41, 5.74) is 11.8. The largest absolute Gasteiger partial charge is 0.376 e. The summed E-state index contributed by atoms with van der Waals surface area (Å²) in [4.78, 5) is 0. The van der Waals surface area contributed by atoms with Crippen molar-refractivity contribution in [2.45, 2.75) is 13.1 Å². The SMILES string of the molecule is Cl.Cl.NC(=S)NCc1c(Cl)c(Cl)c(Cl)c(CNC(N)=S)c1Cl. The number of benzene rings is 1. The van der Waals surface area contributed by atoms with Crippen molar-refractivity contribution < 1.29 is 0 Å². The number of nitrogens with one attached hydrogen (secondary N) is 2. The predicted octanol–water partition coefficient (Wildman–Crippen LogP) is 3.81. The molecule has 0 aliphatic rings. The van der Waals surface area contributed by atoms with Crippen LogP contribution in [0.3, 0.4) is 0 Å². The lowest BCUT2D eigenvalue weighted by atomic mass is 10.1. The molecule has 0 atom stereocenters. The van der Waals surface area contributed by atoms with Crippen molar-refractivity contribution in [3.05, 3.63) is 31.2 Å². The van der Waals surface area contributed by atoms with Crippen LogP contribution in [-0.2, 0) is 13.1 Å². The standard InChI is InChI=1S/C10H10Cl4N4S2.2ClH/c11-5-3(1-17-9(15)19)6(12)8(14)7(13)4(5)2-18-10(16)20;;/h1-2H2,(H3,15,17,19)(H3,16,18,20);2*1H. The van der Waals surface area contributed by atoms with Gasteiger partial charge in [0.15, 0.2) is 10.2 Å². The molecule has 0 aliphatic carbocycles. The first-order valence-corrected chi connectivity index (χ1v) is 7.48. The molecule has 0 bridgehead atoms. The van der Waals surface area contributed by atoms with Crippen molar-refractivity contribution in [1.82, 2.24) is 10.6 Å². The maximum atomic E-state index is 6.28. The quantitative estimate of drug-likeness (QED) is 0.308. The maximum Gasteiger partial charge on any atom is 0.163 e. The average molecular weight is 465 g/mol. The summed E-state index contributed by atoms with van der Waals surface area (Å²) < 4.78 is 0. The van der Waals surface area contributed by atoms with E-state index in [0.717, 1.165) is 0 Å². The topological polar surface area (TPSA) is 76.1 Å². The molecule has 0 amide bonds. The minimum atomic E-state index is 0. The summed E-state index contributed by atoms with van der Waals surface area (Å²) in [6.07, 6.45) is 0. The van der Waals surface area contributed by atoms with E-state index in [2.05, 4.69) is 10.6 Å². The van der Waals surface area contributed by atoms with E-state index in [1.54, 1.807) is 0 Å². The molecule has 0 spiro atoms. The lowest BCUT2D eigenvalue weighted by molar-refractivity contribution is 0.892. The Labute approximate surface area is 171 Å². The summed E-state index contributed by atoms with van der Waals surface area (Å²) >= 11 is 34.1. The van der Waals surface area contributed by atoms with Crippen LogP contribution in [0.25, 0.3) is 0 Å². The van der Waals surface area contributed by atoms with Crippen molar-refractivity contribution in [3.63, 3.8) is 0 Å². The average Bonchev–Trinajstić information content (AvgIpc) is 2.35. The third-order valence-electron chi connectivity index (χ3n) is 2.32. The first kappa shape index (κ1) is 24.6. The molecule has 4 nitrogen and oxygen atoms in total. The molecule has 0 radical (unpaired) electrons. The van der Waals surface area contributed by atoms with E-state index in [1.165, 1.54) is 0 Å². The third kappa shape index (κ3) is 6.45. The number of hydrogen-bond acceptors (Lipinski definition) is 2.